The molecule has 86 valence electrons. The van der Waals surface area contributed by atoms with E-state index >= 15 is 0 Å². The number of imide groups is 1. The zero-order valence-corrected chi connectivity index (χ0v) is 9.07. The molecule has 0 aromatic heterocycles. The Morgan fingerprint density at radius 3 is 2.33 bits per heavy atom. The van der Waals surface area contributed by atoms with Crippen LogP contribution in [0.15, 0.2) is 0 Å². The van der Waals surface area contributed by atoms with E-state index < -0.39 is 0 Å². The van der Waals surface area contributed by atoms with Gasteiger partial charge in [0.15, 0.2) is 0 Å². The highest BCUT2D eigenvalue weighted by Gasteiger charge is 2.25. The van der Waals surface area contributed by atoms with Crippen molar-refractivity contribution < 1.29 is 14.3 Å². The fourth-order valence-corrected chi connectivity index (χ4v) is 1.67. The molecule has 1 aliphatic heterocycles. The number of carbonyl (C=O) groups is 2. The van der Waals surface area contributed by atoms with Gasteiger partial charge in [-0.1, -0.05) is 0 Å². The molecule has 0 spiro atoms. The standard InChI is InChI=1S/C10H18N2O3/c1-15-7-8(11)6-12-9(13)4-2-3-5-10(12)14/h8H,2-7,11H2,1H3. The van der Waals surface area contributed by atoms with E-state index in [1.165, 1.54) is 4.90 Å². The zero-order valence-electron chi connectivity index (χ0n) is 9.07. The van der Waals surface area contributed by atoms with Gasteiger partial charge in [0.2, 0.25) is 11.8 Å². The summed E-state index contributed by atoms with van der Waals surface area (Å²) in [7, 11) is 1.55. The zero-order chi connectivity index (χ0) is 11.3. The molecule has 0 bridgehead atoms. The molecule has 2 amide bonds. The molecule has 2 N–H and O–H groups in total. The van der Waals surface area contributed by atoms with E-state index in [4.69, 9.17) is 10.5 Å². The molecular formula is C10H18N2O3. The topological polar surface area (TPSA) is 72.6 Å². The summed E-state index contributed by atoms with van der Waals surface area (Å²) < 4.78 is 4.87. The van der Waals surface area contributed by atoms with Crippen LogP contribution in [-0.4, -0.2) is 43.0 Å². The first kappa shape index (κ1) is 12.1. The van der Waals surface area contributed by atoms with Gasteiger partial charge in [0, 0.05) is 32.5 Å². The van der Waals surface area contributed by atoms with Gasteiger partial charge in [-0.15, -0.1) is 0 Å². The number of nitrogens with zero attached hydrogens (tertiary/aromatic N) is 1. The number of likely N-dealkylation sites (tertiary alicyclic amines) is 1. The van der Waals surface area contributed by atoms with Gasteiger partial charge in [-0.05, 0) is 12.8 Å². The van der Waals surface area contributed by atoms with E-state index in [1.807, 2.05) is 0 Å². The Bertz CT molecular complexity index is 225. The number of rotatable bonds is 4. The van der Waals surface area contributed by atoms with Crippen molar-refractivity contribution in [3.8, 4) is 0 Å². The van der Waals surface area contributed by atoms with Gasteiger partial charge in [0.25, 0.3) is 0 Å². The average molecular weight is 214 g/mol. The van der Waals surface area contributed by atoms with E-state index in [1.54, 1.807) is 7.11 Å². The molecule has 0 saturated carbocycles. The summed E-state index contributed by atoms with van der Waals surface area (Å²) in [5, 5.41) is 0. The average Bonchev–Trinajstić information content (AvgIpc) is 2.33. The lowest BCUT2D eigenvalue weighted by Gasteiger charge is -2.22. The van der Waals surface area contributed by atoms with E-state index in [0.29, 0.717) is 19.4 Å². The van der Waals surface area contributed by atoms with Gasteiger partial charge in [0.05, 0.1) is 6.61 Å². The highest BCUT2D eigenvalue weighted by Crippen LogP contribution is 2.12. The minimum absolute atomic E-state index is 0.107. The maximum absolute atomic E-state index is 11.6. The molecule has 0 aliphatic carbocycles. The first-order valence-corrected chi connectivity index (χ1v) is 5.23. The van der Waals surface area contributed by atoms with Gasteiger partial charge >= 0.3 is 0 Å². The highest BCUT2D eigenvalue weighted by atomic mass is 16.5. The van der Waals surface area contributed by atoms with Crippen LogP contribution in [0.25, 0.3) is 0 Å². The van der Waals surface area contributed by atoms with Crippen LogP contribution in [0.5, 0.6) is 0 Å². The van der Waals surface area contributed by atoms with Crippen LogP contribution < -0.4 is 5.73 Å². The van der Waals surface area contributed by atoms with Crippen LogP contribution in [0.3, 0.4) is 0 Å². The van der Waals surface area contributed by atoms with Crippen LogP contribution in [0.4, 0.5) is 0 Å². The summed E-state index contributed by atoms with van der Waals surface area (Å²) in [6.07, 6.45) is 2.48. The molecule has 0 radical (unpaired) electrons. The molecule has 15 heavy (non-hydrogen) atoms. The first-order chi connectivity index (χ1) is 7.15. The number of ether oxygens (including phenoxy) is 1. The van der Waals surface area contributed by atoms with Gasteiger partial charge in [0.1, 0.15) is 0 Å². The molecule has 5 heteroatoms. The summed E-state index contributed by atoms with van der Waals surface area (Å²) in [5.41, 5.74) is 5.72. The van der Waals surface area contributed by atoms with Gasteiger partial charge in [-0.2, -0.15) is 0 Å². The monoisotopic (exact) mass is 214 g/mol. The fourth-order valence-electron chi connectivity index (χ4n) is 1.67. The van der Waals surface area contributed by atoms with Crippen molar-refractivity contribution in [2.75, 3.05) is 20.3 Å². The maximum Gasteiger partial charge on any atom is 0.229 e. The number of hydrogen-bond acceptors (Lipinski definition) is 4. The van der Waals surface area contributed by atoms with Gasteiger partial charge < -0.3 is 10.5 Å². The fraction of sp³-hybridized carbons (Fsp3) is 0.800. The predicted octanol–water partition coefficient (Wildman–Crippen LogP) is -0.111. The molecule has 1 saturated heterocycles. The minimum atomic E-state index is -0.291. The quantitative estimate of drug-likeness (QED) is 0.663. The lowest BCUT2D eigenvalue weighted by Crippen LogP contribution is -2.45. The summed E-state index contributed by atoms with van der Waals surface area (Å²) in [4.78, 5) is 24.4. The molecule has 1 unspecified atom stereocenters. The first-order valence-electron chi connectivity index (χ1n) is 5.23. The van der Waals surface area contributed by atoms with E-state index in [-0.39, 0.29) is 24.4 Å². The third-order valence-electron chi connectivity index (χ3n) is 2.43. The minimum Gasteiger partial charge on any atom is -0.383 e. The lowest BCUT2D eigenvalue weighted by atomic mass is 10.2. The summed E-state index contributed by atoms with van der Waals surface area (Å²) in [5.74, 6) is -0.215. The Labute approximate surface area is 89.6 Å². The van der Waals surface area contributed by atoms with E-state index in [9.17, 15) is 9.59 Å². The molecule has 1 aliphatic rings. The highest BCUT2D eigenvalue weighted by molar-refractivity contribution is 5.96. The van der Waals surface area contributed by atoms with Crippen molar-refractivity contribution in [3.05, 3.63) is 0 Å². The molecule has 1 heterocycles. The van der Waals surface area contributed by atoms with E-state index in [0.717, 1.165) is 12.8 Å². The van der Waals surface area contributed by atoms with Crippen molar-refractivity contribution in [1.29, 1.82) is 0 Å². The Hall–Kier alpha value is -0.940. The number of carbonyl (C=O) groups excluding carboxylic acids is 2. The predicted molar refractivity (Wildman–Crippen MR) is 55.0 cm³/mol. The molecule has 5 nitrogen and oxygen atoms in total. The third kappa shape index (κ3) is 3.60. The van der Waals surface area contributed by atoms with Crippen molar-refractivity contribution >= 4 is 11.8 Å². The number of hydrogen-bond donors (Lipinski definition) is 1. The van der Waals surface area contributed by atoms with Crippen molar-refractivity contribution in [2.24, 2.45) is 5.73 Å². The van der Waals surface area contributed by atoms with Crippen LogP contribution in [-0.2, 0) is 14.3 Å². The summed E-state index contributed by atoms with van der Waals surface area (Å²) in [6, 6.07) is -0.291. The second-order valence-electron chi connectivity index (χ2n) is 3.82. The number of amides is 2. The Balaban J connectivity index is 2.55. The molecule has 0 aromatic carbocycles. The number of nitrogens with two attached hydrogens (primary N) is 1. The molecule has 1 rings (SSSR count). The van der Waals surface area contributed by atoms with E-state index in [2.05, 4.69) is 0 Å². The second-order valence-corrected chi connectivity index (χ2v) is 3.82. The lowest BCUT2D eigenvalue weighted by molar-refractivity contribution is -0.144. The normalized spacial score (nSPS) is 20.3. The molecule has 1 fully saturated rings. The SMILES string of the molecule is COCC(N)CN1C(=O)CCCCC1=O. The summed E-state index contributed by atoms with van der Waals surface area (Å²) >= 11 is 0. The van der Waals surface area contributed by atoms with Crippen LogP contribution in [0.2, 0.25) is 0 Å². The van der Waals surface area contributed by atoms with Gasteiger partial charge in [-0.3, -0.25) is 14.5 Å². The maximum atomic E-state index is 11.6. The molecule has 1 atom stereocenters. The summed E-state index contributed by atoms with van der Waals surface area (Å²) in [6.45, 7) is 0.628. The van der Waals surface area contributed by atoms with Crippen molar-refractivity contribution in [1.82, 2.24) is 4.90 Å². The second kappa shape index (κ2) is 5.82. The number of methoxy groups -OCH3 is 1. The van der Waals surface area contributed by atoms with Crippen molar-refractivity contribution in [3.63, 3.8) is 0 Å². The van der Waals surface area contributed by atoms with Gasteiger partial charge in [-0.25, -0.2) is 0 Å². The smallest absolute Gasteiger partial charge is 0.229 e. The van der Waals surface area contributed by atoms with Crippen LogP contribution >= 0.6 is 0 Å². The molecule has 0 aromatic rings. The third-order valence-corrected chi connectivity index (χ3v) is 2.43. The van der Waals surface area contributed by atoms with Crippen LogP contribution in [0.1, 0.15) is 25.7 Å². The Morgan fingerprint density at radius 1 is 1.33 bits per heavy atom. The largest absolute Gasteiger partial charge is 0.383 e. The Morgan fingerprint density at radius 2 is 1.87 bits per heavy atom. The van der Waals surface area contributed by atoms with Crippen LogP contribution in [0, 0.1) is 0 Å². The Kier molecular flexibility index (Phi) is 4.71. The van der Waals surface area contributed by atoms with Crippen molar-refractivity contribution in [2.45, 2.75) is 31.7 Å². The molecular weight excluding hydrogens is 196 g/mol.